The van der Waals surface area contributed by atoms with Crippen LogP contribution >= 0.6 is 0 Å². The minimum absolute atomic E-state index is 0.107. The Balaban J connectivity index is 1.58. The summed E-state index contributed by atoms with van der Waals surface area (Å²) < 4.78 is 23.8. The maximum Gasteiger partial charge on any atom is 0.338 e. The summed E-state index contributed by atoms with van der Waals surface area (Å²) in [6.45, 7) is 6.25. The number of nitrogens with one attached hydrogen (secondary N) is 1. The van der Waals surface area contributed by atoms with Gasteiger partial charge in [0.15, 0.2) is 18.1 Å². The standard InChI is InChI=1S/C24H31N5O6/c1-4-5-10-34-23(31)21-16(2)27-24-25-15-26-29(24)22(21)17-6-7-18(19(13-17)32-3)35-14-20(30)28-8-11-33-12-9-28/h6-7,13,15,22H,4-5,8-12,14H2,1-3H3,(H,25,26,27). The number of amides is 1. The van der Waals surface area contributed by atoms with Crippen LogP contribution in [0.1, 0.15) is 38.3 Å². The third-order valence-corrected chi connectivity index (χ3v) is 5.96. The van der Waals surface area contributed by atoms with Crippen molar-refractivity contribution in [3.8, 4) is 11.5 Å². The molecule has 1 N–H and O–H groups in total. The molecule has 35 heavy (non-hydrogen) atoms. The summed E-state index contributed by atoms with van der Waals surface area (Å²) in [7, 11) is 1.53. The second kappa shape index (κ2) is 11.2. The van der Waals surface area contributed by atoms with E-state index in [1.54, 1.807) is 21.7 Å². The number of hydrogen-bond donors (Lipinski definition) is 1. The SMILES string of the molecule is CCCCOC(=O)C1=C(C)Nc2ncnn2C1c1ccc(OCC(=O)N2CCOCC2)c(OC)c1. The van der Waals surface area contributed by atoms with Crippen molar-refractivity contribution in [2.24, 2.45) is 0 Å². The number of methoxy groups -OCH3 is 1. The van der Waals surface area contributed by atoms with Crippen LogP contribution < -0.4 is 14.8 Å². The average molecular weight is 486 g/mol. The second-order valence-corrected chi connectivity index (χ2v) is 8.28. The minimum Gasteiger partial charge on any atom is -0.493 e. The van der Waals surface area contributed by atoms with Crippen LogP contribution in [-0.2, 0) is 19.1 Å². The number of anilines is 1. The molecule has 0 bridgehead atoms. The molecule has 1 atom stereocenters. The van der Waals surface area contributed by atoms with Gasteiger partial charge in [-0.05, 0) is 31.0 Å². The Morgan fingerprint density at radius 3 is 2.77 bits per heavy atom. The van der Waals surface area contributed by atoms with Crippen molar-refractivity contribution in [2.45, 2.75) is 32.7 Å². The first kappa shape index (κ1) is 24.5. The van der Waals surface area contributed by atoms with E-state index in [1.165, 1.54) is 13.4 Å². The largest absolute Gasteiger partial charge is 0.493 e. The molecule has 0 aliphatic carbocycles. The van der Waals surface area contributed by atoms with Gasteiger partial charge in [-0.15, -0.1) is 0 Å². The van der Waals surface area contributed by atoms with E-state index in [2.05, 4.69) is 15.4 Å². The number of benzene rings is 1. The molecule has 0 saturated carbocycles. The third kappa shape index (κ3) is 5.40. The van der Waals surface area contributed by atoms with Gasteiger partial charge in [0.1, 0.15) is 12.4 Å². The molecule has 0 spiro atoms. The van der Waals surface area contributed by atoms with E-state index in [9.17, 15) is 9.59 Å². The Morgan fingerprint density at radius 2 is 2.03 bits per heavy atom. The highest BCUT2D eigenvalue weighted by Gasteiger charge is 2.35. The number of rotatable bonds is 9. The molecule has 1 fully saturated rings. The van der Waals surface area contributed by atoms with Crippen molar-refractivity contribution in [3.05, 3.63) is 41.4 Å². The van der Waals surface area contributed by atoms with Crippen molar-refractivity contribution >= 4 is 17.8 Å². The zero-order valence-corrected chi connectivity index (χ0v) is 20.3. The van der Waals surface area contributed by atoms with E-state index >= 15 is 0 Å². The number of nitrogens with zero attached hydrogens (tertiary/aromatic N) is 4. The fourth-order valence-electron chi connectivity index (χ4n) is 4.07. The van der Waals surface area contributed by atoms with Gasteiger partial charge in [-0.2, -0.15) is 10.1 Å². The van der Waals surface area contributed by atoms with E-state index in [0.29, 0.717) is 61.6 Å². The zero-order valence-electron chi connectivity index (χ0n) is 20.3. The second-order valence-electron chi connectivity index (χ2n) is 8.28. The van der Waals surface area contributed by atoms with Gasteiger partial charge in [-0.25, -0.2) is 9.48 Å². The highest BCUT2D eigenvalue weighted by molar-refractivity contribution is 5.92. The number of allylic oxidation sites excluding steroid dienone is 1. The summed E-state index contributed by atoms with van der Waals surface area (Å²) in [6, 6.07) is 4.77. The number of unbranched alkanes of at least 4 members (excludes halogenated alkanes) is 1. The average Bonchev–Trinajstić information content (AvgIpc) is 3.35. The highest BCUT2D eigenvalue weighted by Crippen LogP contribution is 2.38. The number of fused-ring (bicyclic) bond motifs is 1. The third-order valence-electron chi connectivity index (χ3n) is 5.96. The predicted octanol–water partition coefficient (Wildman–Crippen LogP) is 2.16. The molecular weight excluding hydrogens is 454 g/mol. The van der Waals surface area contributed by atoms with Crippen LogP contribution in [0, 0.1) is 0 Å². The Kier molecular flexibility index (Phi) is 7.86. The van der Waals surface area contributed by atoms with Crippen LogP contribution in [0.2, 0.25) is 0 Å². The molecule has 2 aliphatic rings. The van der Waals surface area contributed by atoms with Gasteiger partial charge >= 0.3 is 5.97 Å². The summed E-state index contributed by atoms with van der Waals surface area (Å²) in [5.74, 6) is 0.867. The van der Waals surface area contributed by atoms with Crippen LogP contribution in [0.5, 0.6) is 11.5 Å². The summed E-state index contributed by atoms with van der Waals surface area (Å²) in [4.78, 5) is 31.5. The summed E-state index contributed by atoms with van der Waals surface area (Å²) >= 11 is 0. The quantitative estimate of drug-likeness (QED) is 0.421. The van der Waals surface area contributed by atoms with Crippen molar-refractivity contribution in [2.75, 3.05) is 51.9 Å². The maximum absolute atomic E-state index is 13.1. The van der Waals surface area contributed by atoms with Crippen molar-refractivity contribution < 1.29 is 28.5 Å². The molecule has 1 aromatic carbocycles. The molecule has 4 rings (SSSR count). The van der Waals surface area contributed by atoms with Gasteiger partial charge in [-0.3, -0.25) is 4.79 Å². The smallest absolute Gasteiger partial charge is 0.338 e. The van der Waals surface area contributed by atoms with E-state index in [1.807, 2.05) is 19.9 Å². The van der Waals surface area contributed by atoms with Crippen LogP contribution in [0.25, 0.3) is 0 Å². The van der Waals surface area contributed by atoms with Crippen LogP contribution in [0.3, 0.4) is 0 Å². The Bertz CT molecular complexity index is 1090. The monoisotopic (exact) mass is 485 g/mol. The number of carbonyl (C=O) groups excluding carboxylic acids is 2. The normalized spacial score (nSPS) is 17.5. The first-order chi connectivity index (χ1) is 17.0. The van der Waals surface area contributed by atoms with E-state index in [4.69, 9.17) is 18.9 Å². The predicted molar refractivity (Wildman–Crippen MR) is 126 cm³/mol. The van der Waals surface area contributed by atoms with E-state index in [-0.39, 0.29) is 12.5 Å². The van der Waals surface area contributed by atoms with Crippen LogP contribution in [0.15, 0.2) is 35.8 Å². The van der Waals surface area contributed by atoms with E-state index in [0.717, 1.165) is 18.4 Å². The lowest BCUT2D eigenvalue weighted by Gasteiger charge is -2.29. The molecule has 188 valence electrons. The molecule has 2 aromatic rings. The zero-order chi connectivity index (χ0) is 24.8. The van der Waals surface area contributed by atoms with Gasteiger partial charge in [0.25, 0.3) is 5.91 Å². The molecule has 11 nitrogen and oxygen atoms in total. The molecule has 11 heteroatoms. The molecular formula is C24H31N5O6. The molecule has 1 amide bonds. The fourth-order valence-corrected chi connectivity index (χ4v) is 4.07. The highest BCUT2D eigenvalue weighted by atomic mass is 16.5. The van der Waals surface area contributed by atoms with Crippen LogP contribution in [0.4, 0.5) is 5.95 Å². The van der Waals surface area contributed by atoms with Crippen LogP contribution in [-0.4, -0.2) is 78.2 Å². The van der Waals surface area contributed by atoms with Crippen molar-refractivity contribution in [1.29, 1.82) is 0 Å². The van der Waals surface area contributed by atoms with Gasteiger partial charge in [0, 0.05) is 18.8 Å². The Hall–Kier alpha value is -3.60. The molecule has 0 radical (unpaired) electrons. The topological polar surface area (TPSA) is 117 Å². The van der Waals surface area contributed by atoms with Crippen molar-refractivity contribution in [1.82, 2.24) is 19.7 Å². The van der Waals surface area contributed by atoms with Crippen molar-refractivity contribution in [3.63, 3.8) is 0 Å². The molecule has 2 aliphatic heterocycles. The van der Waals surface area contributed by atoms with Gasteiger partial charge in [-0.1, -0.05) is 19.4 Å². The Labute approximate surface area is 204 Å². The summed E-state index contributed by atoms with van der Waals surface area (Å²) in [5, 5.41) is 7.46. The number of morpholine rings is 1. The lowest BCUT2D eigenvalue weighted by atomic mass is 9.95. The molecule has 1 aromatic heterocycles. The Morgan fingerprint density at radius 1 is 1.23 bits per heavy atom. The van der Waals surface area contributed by atoms with Gasteiger partial charge in [0.2, 0.25) is 5.95 Å². The minimum atomic E-state index is -0.569. The molecule has 1 saturated heterocycles. The number of esters is 1. The first-order valence-electron chi connectivity index (χ1n) is 11.7. The fraction of sp³-hybridized carbons (Fsp3) is 0.500. The van der Waals surface area contributed by atoms with Gasteiger partial charge < -0.3 is 29.2 Å². The number of ether oxygens (including phenoxy) is 4. The lowest BCUT2D eigenvalue weighted by molar-refractivity contribution is -0.140. The number of hydrogen-bond acceptors (Lipinski definition) is 9. The van der Waals surface area contributed by atoms with E-state index < -0.39 is 12.0 Å². The molecule has 3 heterocycles. The number of aromatic nitrogens is 3. The molecule has 1 unspecified atom stereocenters. The summed E-state index contributed by atoms with van der Waals surface area (Å²) in [6.07, 6.45) is 3.14. The first-order valence-corrected chi connectivity index (χ1v) is 11.7. The summed E-state index contributed by atoms with van der Waals surface area (Å²) in [5.41, 5.74) is 1.83. The lowest BCUT2D eigenvalue weighted by Crippen LogP contribution is -2.43. The maximum atomic E-state index is 13.1. The number of carbonyl (C=O) groups is 2. The van der Waals surface area contributed by atoms with Gasteiger partial charge in [0.05, 0.1) is 32.5 Å².